The lowest BCUT2D eigenvalue weighted by molar-refractivity contribution is -0.122. The van der Waals surface area contributed by atoms with Gasteiger partial charge in [0.15, 0.2) is 0 Å². The Hall–Kier alpha value is -1.75. The van der Waals surface area contributed by atoms with Crippen molar-refractivity contribution in [1.29, 1.82) is 0 Å². The Bertz CT molecular complexity index is 453. The van der Waals surface area contributed by atoms with Gasteiger partial charge in [-0.1, -0.05) is 6.92 Å². The summed E-state index contributed by atoms with van der Waals surface area (Å²) >= 11 is 0. The van der Waals surface area contributed by atoms with Gasteiger partial charge in [0.2, 0.25) is 5.91 Å². The first kappa shape index (κ1) is 15.6. The number of benzene rings is 1. The van der Waals surface area contributed by atoms with Gasteiger partial charge in [0.25, 0.3) is 0 Å². The van der Waals surface area contributed by atoms with Crippen LogP contribution in [0.15, 0.2) is 24.3 Å². The van der Waals surface area contributed by atoms with E-state index in [1.807, 2.05) is 19.1 Å². The highest BCUT2D eigenvalue weighted by atomic mass is 16.3. The first-order valence-electron chi connectivity index (χ1n) is 7.64. The number of hydrogen-bond acceptors (Lipinski definition) is 4. The Labute approximate surface area is 126 Å². The number of carbonyl (C=O) groups is 1. The highest BCUT2D eigenvalue weighted by molar-refractivity contribution is 5.78. The van der Waals surface area contributed by atoms with Gasteiger partial charge >= 0.3 is 0 Å². The van der Waals surface area contributed by atoms with Gasteiger partial charge in [-0.15, -0.1) is 0 Å². The van der Waals surface area contributed by atoms with Gasteiger partial charge in [-0.2, -0.15) is 0 Å². The topological polar surface area (TPSA) is 55.8 Å². The molecule has 0 unspecified atom stereocenters. The Balaban J connectivity index is 1.78. The number of piperazine rings is 1. The second-order valence-electron chi connectivity index (χ2n) is 5.66. The summed E-state index contributed by atoms with van der Waals surface area (Å²) in [5.41, 5.74) is 1.12. The zero-order valence-electron chi connectivity index (χ0n) is 12.9. The second kappa shape index (κ2) is 7.31. The molecule has 1 aliphatic rings. The van der Waals surface area contributed by atoms with E-state index in [1.54, 1.807) is 12.1 Å². The van der Waals surface area contributed by atoms with Crippen molar-refractivity contribution in [2.24, 2.45) is 0 Å². The Morgan fingerprint density at radius 2 is 1.86 bits per heavy atom. The van der Waals surface area contributed by atoms with Crippen molar-refractivity contribution in [2.45, 2.75) is 26.3 Å². The molecule has 0 saturated carbocycles. The van der Waals surface area contributed by atoms with E-state index < -0.39 is 0 Å². The quantitative estimate of drug-likeness (QED) is 0.862. The Morgan fingerprint density at radius 1 is 1.24 bits per heavy atom. The summed E-state index contributed by atoms with van der Waals surface area (Å²) in [6.45, 7) is 8.15. The van der Waals surface area contributed by atoms with Gasteiger partial charge in [0, 0.05) is 37.9 Å². The van der Waals surface area contributed by atoms with Gasteiger partial charge in [0.1, 0.15) is 5.75 Å². The standard InChI is InChI=1S/C16H25N3O2/c1-3-13(2)17-16(21)12-18-8-10-19(11-9-18)14-4-6-15(20)7-5-14/h4-7,13,20H,3,8-12H2,1-2H3,(H,17,21)/t13-/m1/s1. The molecule has 1 aliphatic heterocycles. The summed E-state index contributed by atoms with van der Waals surface area (Å²) in [5.74, 6) is 0.404. The highest BCUT2D eigenvalue weighted by Gasteiger charge is 2.19. The molecule has 0 aliphatic carbocycles. The number of carbonyl (C=O) groups excluding carboxylic acids is 1. The molecule has 0 bridgehead atoms. The molecule has 2 rings (SSSR count). The zero-order valence-corrected chi connectivity index (χ0v) is 12.9. The lowest BCUT2D eigenvalue weighted by Gasteiger charge is -2.35. The molecule has 0 aromatic heterocycles. The van der Waals surface area contributed by atoms with Crippen LogP contribution in [0.25, 0.3) is 0 Å². The molecule has 21 heavy (non-hydrogen) atoms. The number of aromatic hydroxyl groups is 1. The molecule has 1 fully saturated rings. The summed E-state index contributed by atoms with van der Waals surface area (Å²) in [6, 6.07) is 7.53. The number of nitrogens with one attached hydrogen (secondary N) is 1. The molecule has 5 heteroatoms. The van der Waals surface area contributed by atoms with Gasteiger partial charge in [-0.05, 0) is 37.6 Å². The molecular formula is C16H25N3O2. The SMILES string of the molecule is CC[C@@H](C)NC(=O)CN1CCN(c2ccc(O)cc2)CC1. The van der Waals surface area contributed by atoms with Crippen LogP contribution in [-0.4, -0.2) is 54.7 Å². The molecule has 116 valence electrons. The third-order valence-corrected chi connectivity index (χ3v) is 3.97. The molecule has 2 N–H and O–H groups in total. The average molecular weight is 291 g/mol. The zero-order chi connectivity index (χ0) is 15.2. The predicted molar refractivity (Wildman–Crippen MR) is 84.7 cm³/mol. The maximum absolute atomic E-state index is 11.9. The molecule has 1 saturated heterocycles. The number of amides is 1. The van der Waals surface area contributed by atoms with Crippen molar-refractivity contribution < 1.29 is 9.90 Å². The van der Waals surface area contributed by atoms with E-state index in [0.717, 1.165) is 38.3 Å². The lowest BCUT2D eigenvalue weighted by atomic mass is 10.2. The molecule has 1 aromatic rings. The van der Waals surface area contributed by atoms with E-state index in [2.05, 4.69) is 22.0 Å². The minimum Gasteiger partial charge on any atom is -0.508 e. The molecule has 0 spiro atoms. The molecule has 0 radical (unpaired) electrons. The number of nitrogens with zero attached hydrogens (tertiary/aromatic N) is 2. The van der Waals surface area contributed by atoms with Crippen LogP contribution < -0.4 is 10.2 Å². The fourth-order valence-electron chi connectivity index (χ4n) is 2.45. The first-order chi connectivity index (χ1) is 10.1. The number of phenols is 1. The van der Waals surface area contributed by atoms with Crippen LogP contribution >= 0.6 is 0 Å². The van der Waals surface area contributed by atoms with Crippen LogP contribution in [0.1, 0.15) is 20.3 Å². The third-order valence-electron chi connectivity index (χ3n) is 3.97. The van der Waals surface area contributed by atoms with Crippen molar-refractivity contribution in [2.75, 3.05) is 37.6 Å². The summed E-state index contributed by atoms with van der Waals surface area (Å²) < 4.78 is 0. The largest absolute Gasteiger partial charge is 0.508 e. The summed E-state index contributed by atoms with van der Waals surface area (Å²) in [4.78, 5) is 16.3. The van der Waals surface area contributed by atoms with Gasteiger partial charge in [-0.25, -0.2) is 0 Å². The van der Waals surface area contributed by atoms with E-state index in [4.69, 9.17) is 0 Å². The van der Waals surface area contributed by atoms with Crippen LogP contribution in [0.2, 0.25) is 0 Å². The number of anilines is 1. The maximum Gasteiger partial charge on any atom is 0.234 e. The van der Waals surface area contributed by atoms with E-state index in [0.29, 0.717) is 12.3 Å². The lowest BCUT2D eigenvalue weighted by Crippen LogP contribution is -2.50. The minimum atomic E-state index is 0.113. The Morgan fingerprint density at radius 3 is 2.43 bits per heavy atom. The fraction of sp³-hybridized carbons (Fsp3) is 0.562. The van der Waals surface area contributed by atoms with Crippen LogP contribution in [-0.2, 0) is 4.79 Å². The van der Waals surface area contributed by atoms with E-state index in [-0.39, 0.29) is 11.9 Å². The fourth-order valence-corrected chi connectivity index (χ4v) is 2.45. The molecule has 1 heterocycles. The third kappa shape index (κ3) is 4.63. The molecule has 5 nitrogen and oxygen atoms in total. The van der Waals surface area contributed by atoms with Crippen molar-refractivity contribution in [3.05, 3.63) is 24.3 Å². The predicted octanol–water partition coefficient (Wildman–Crippen LogP) is 1.43. The van der Waals surface area contributed by atoms with Crippen LogP contribution in [0.3, 0.4) is 0 Å². The van der Waals surface area contributed by atoms with Gasteiger partial charge < -0.3 is 15.3 Å². The monoisotopic (exact) mass is 291 g/mol. The van der Waals surface area contributed by atoms with Crippen molar-refractivity contribution in [3.63, 3.8) is 0 Å². The average Bonchev–Trinajstić information content (AvgIpc) is 2.48. The van der Waals surface area contributed by atoms with Crippen LogP contribution in [0.4, 0.5) is 5.69 Å². The minimum absolute atomic E-state index is 0.113. The smallest absolute Gasteiger partial charge is 0.234 e. The first-order valence-corrected chi connectivity index (χ1v) is 7.64. The van der Waals surface area contributed by atoms with E-state index >= 15 is 0 Å². The van der Waals surface area contributed by atoms with E-state index in [1.165, 1.54) is 0 Å². The summed E-state index contributed by atoms with van der Waals surface area (Å²) in [7, 11) is 0. The van der Waals surface area contributed by atoms with E-state index in [9.17, 15) is 9.90 Å². The van der Waals surface area contributed by atoms with Crippen molar-refractivity contribution >= 4 is 11.6 Å². The molecular weight excluding hydrogens is 266 g/mol. The second-order valence-corrected chi connectivity index (χ2v) is 5.66. The summed E-state index contributed by atoms with van der Waals surface area (Å²) in [6.07, 6.45) is 0.959. The van der Waals surface area contributed by atoms with Crippen LogP contribution in [0, 0.1) is 0 Å². The number of rotatable bonds is 5. The Kier molecular flexibility index (Phi) is 5.44. The molecule has 1 amide bonds. The summed E-state index contributed by atoms with van der Waals surface area (Å²) in [5, 5.41) is 12.3. The van der Waals surface area contributed by atoms with Crippen molar-refractivity contribution in [3.8, 4) is 5.75 Å². The number of hydrogen-bond donors (Lipinski definition) is 2. The van der Waals surface area contributed by atoms with Crippen LogP contribution in [0.5, 0.6) is 5.75 Å². The number of phenolic OH excluding ortho intramolecular Hbond substituents is 1. The molecule has 1 aromatic carbocycles. The van der Waals surface area contributed by atoms with Gasteiger partial charge in [-0.3, -0.25) is 9.69 Å². The molecule has 1 atom stereocenters. The van der Waals surface area contributed by atoms with Crippen molar-refractivity contribution in [1.82, 2.24) is 10.2 Å². The van der Waals surface area contributed by atoms with Gasteiger partial charge in [0.05, 0.1) is 6.54 Å². The maximum atomic E-state index is 11.9. The normalized spacial score (nSPS) is 17.5. The highest BCUT2D eigenvalue weighted by Crippen LogP contribution is 2.19.